The van der Waals surface area contributed by atoms with Gasteiger partial charge in [-0.1, -0.05) is 6.42 Å². The molecule has 1 atom stereocenters. The van der Waals surface area contributed by atoms with E-state index in [9.17, 15) is 4.79 Å². The Morgan fingerprint density at radius 1 is 1.54 bits per heavy atom. The SMILES string of the molecule is CC(=N)OC(=O)[C@@H](N)CCCCN. The third kappa shape index (κ3) is 6.24. The number of nitrogens with one attached hydrogen (secondary N) is 1. The van der Waals surface area contributed by atoms with Crippen molar-refractivity contribution in [1.82, 2.24) is 0 Å². The fourth-order valence-corrected chi connectivity index (χ4v) is 0.853. The van der Waals surface area contributed by atoms with Crippen LogP contribution in [0.15, 0.2) is 0 Å². The second-order valence-corrected chi connectivity index (χ2v) is 2.87. The van der Waals surface area contributed by atoms with Crippen LogP contribution in [0, 0.1) is 5.41 Å². The van der Waals surface area contributed by atoms with Crippen LogP contribution in [0.2, 0.25) is 0 Å². The molecule has 0 spiro atoms. The smallest absolute Gasteiger partial charge is 0.329 e. The summed E-state index contributed by atoms with van der Waals surface area (Å²) in [5.74, 6) is -0.663. The maximum atomic E-state index is 11.0. The highest BCUT2D eigenvalue weighted by Gasteiger charge is 2.14. The fraction of sp³-hybridized carbons (Fsp3) is 0.750. The Bertz CT molecular complexity index is 182. The van der Waals surface area contributed by atoms with Gasteiger partial charge in [0.2, 0.25) is 0 Å². The van der Waals surface area contributed by atoms with Crippen LogP contribution in [-0.4, -0.2) is 24.5 Å². The molecule has 0 amide bonds. The summed E-state index contributed by atoms with van der Waals surface area (Å²) in [5.41, 5.74) is 10.8. The standard InChI is InChI=1S/C8H17N3O2/c1-6(10)13-8(12)7(11)4-2-3-5-9/h7,10H,2-5,9,11H2,1H3/t7-/m0/s1. The monoisotopic (exact) mass is 187 g/mol. The molecule has 0 heterocycles. The van der Waals surface area contributed by atoms with E-state index in [4.69, 9.17) is 16.9 Å². The lowest BCUT2D eigenvalue weighted by molar-refractivity contribution is -0.137. The third-order valence-corrected chi connectivity index (χ3v) is 1.53. The fourth-order valence-electron chi connectivity index (χ4n) is 0.853. The summed E-state index contributed by atoms with van der Waals surface area (Å²) < 4.78 is 4.53. The van der Waals surface area contributed by atoms with Crippen LogP contribution < -0.4 is 11.5 Å². The summed E-state index contributed by atoms with van der Waals surface area (Å²) >= 11 is 0. The molecule has 0 saturated heterocycles. The maximum Gasteiger partial charge on any atom is 0.329 e. The van der Waals surface area contributed by atoms with Gasteiger partial charge in [0.05, 0.1) is 0 Å². The van der Waals surface area contributed by atoms with Gasteiger partial charge in [-0.25, -0.2) is 4.79 Å². The first-order chi connectivity index (χ1) is 6.07. The maximum absolute atomic E-state index is 11.0. The topological polar surface area (TPSA) is 102 Å². The molecule has 5 N–H and O–H groups in total. The molecule has 5 heteroatoms. The molecule has 0 bridgehead atoms. The molecule has 5 nitrogen and oxygen atoms in total. The van der Waals surface area contributed by atoms with Gasteiger partial charge in [-0.2, -0.15) is 0 Å². The largest absolute Gasteiger partial charge is 0.411 e. The van der Waals surface area contributed by atoms with E-state index in [0.29, 0.717) is 13.0 Å². The number of hydrogen-bond donors (Lipinski definition) is 3. The minimum atomic E-state index is -0.633. The van der Waals surface area contributed by atoms with E-state index in [0.717, 1.165) is 12.8 Å². The van der Waals surface area contributed by atoms with Gasteiger partial charge in [0.15, 0.2) is 5.90 Å². The number of esters is 1. The molecular weight excluding hydrogens is 170 g/mol. The Morgan fingerprint density at radius 2 is 2.15 bits per heavy atom. The molecule has 0 saturated carbocycles. The van der Waals surface area contributed by atoms with Gasteiger partial charge in [-0.3, -0.25) is 5.41 Å². The molecule has 0 aromatic rings. The average molecular weight is 187 g/mol. The van der Waals surface area contributed by atoms with Crippen molar-refractivity contribution in [3.05, 3.63) is 0 Å². The van der Waals surface area contributed by atoms with Gasteiger partial charge in [-0.15, -0.1) is 0 Å². The molecule has 0 aliphatic rings. The van der Waals surface area contributed by atoms with Gasteiger partial charge < -0.3 is 16.2 Å². The number of rotatable bonds is 5. The Hall–Kier alpha value is -0.940. The summed E-state index contributed by atoms with van der Waals surface area (Å²) in [5, 5.41) is 6.91. The van der Waals surface area contributed by atoms with Crippen LogP contribution in [0.4, 0.5) is 0 Å². The number of carbonyl (C=O) groups excluding carboxylic acids is 1. The number of hydrogen-bond acceptors (Lipinski definition) is 5. The number of nitrogens with two attached hydrogens (primary N) is 2. The van der Waals surface area contributed by atoms with E-state index in [1.165, 1.54) is 6.92 Å². The summed E-state index contributed by atoms with van der Waals surface area (Å²) in [6.07, 6.45) is 2.22. The first kappa shape index (κ1) is 12.1. The van der Waals surface area contributed by atoms with Crippen LogP contribution in [0.25, 0.3) is 0 Å². The molecular formula is C8H17N3O2. The van der Waals surface area contributed by atoms with E-state index in [1.54, 1.807) is 0 Å². The third-order valence-electron chi connectivity index (χ3n) is 1.53. The van der Waals surface area contributed by atoms with Gasteiger partial charge in [0.1, 0.15) is 6.04 Å². The lowest BCUT2D eigenvalue weighted by Gasteiger charge is -2.09. The number of carbonyl (C=O) groups is 1. The van der Waals surface area contributed by atoms with Gasteiger partial charge in [0, 0.05) is 6.92 Å². The molecule has 76 valence electrons. The van der Waals surface area contributed by atoms with Crippen molar-refractivity contribution < 1.29 is 9.53 Å². The zero-order valence-electron chi connectivity index (χ0n) is 7.88. The van der Waals surface area contributed by atoms with Crippen molar-refractivity contribution in [1.29, 1.82) is 5.41 Å². The zero-order chi connectivity index (χ0) is 10.3. The summed E-state index contributed by atoms with van der Waals surface area (Å²) in [6.45, 7) is 2.00. The van der Waals surface area contributed by atoms with E-state index < -0.39 is 12.0 Å². The van der Waals surface area contributed by atoms with Crippen molar-refractivity contribution in [3.63, 3.8) is 0 Å². The Morgan fingerprint density at radius 3 is 2.62 bits per heavy atom. The first-order valence-electron chi connectivity index (χ1n) is 4.30. The molecule has 0 unspecified atom stereocenters. The van der Waals surface area contributed by atoms with E-state index in [-0.39, 0.29) is 5.90 Å². The highest BCUT2D eigenvalue weighted by atomic mass is 16.5. The average Bonchev–Trinajstić information content (AvgIpc) is 2.03. The Labute approximate surface area is 77.9 Å². The summed E-state index contributed by atoms with van der Waals surface area (Å²) in [4.78, 5) is 11.0. The minimum absolute atomic E-state index is 0.126. The lowest BCUT2D eigenvalue weighted by Crippen LogP contribution is -2.33. The van der Waals surface area contributed by atoms with Crippen LogP contribution >= 0.6 is 0 Å². The molecule has 0 radical (unpaired) electrons. The van der Waals surface area contributed by atoms with E-state index in [2.05, 4.69) is 4.74 Å². The normalized spacial score (nSPS) is 12.2. The predicted octanol–water partition coefficient (Wildman–Crippen LogP) is -0.0169. The van der Waals surface area contributed by atoms with Crippen molar-refractivity contribution in [2.45, 2.75) is 32.2 Å². The zero-order valence-corrected chi connectivity index (χ0v) is 7.88. The molecule has 0 fully saturated rings. The minimum Gasteiger partial charge on any atom is -0.411 e. The first-order valence-corrected chi connectivity index (χ1v) is 4.30. The van der Waals surface area contributed by atoms with Gasteiger partial charge in [0.25, 0.3) is 0 Å². The molecule has 13 heavy (non-hydrogen) atoms. The lowest BCUT2D eigenvalue weighted by atomic mass is 10.1. The molecule has 0 rings (SSSR count). The van der Waals surface area contributed by atoms with Crippen LogP contribution in [0.1, 0.15) is 26.2 Å². The van der Waals surface area contributed by atoms with E-state index in [1.807, 2.05) is 0 Å². The highest BCUT2D eigenvalue weighted by Crippen LogP contribution is 1.99. The molecule has 0 aromatic carbocycles. The highest BCUT2D eigenvalue weighted by molar-refractivity contribution is 5.88. The summed E-state index contributed by atoms with van der Waals surface area (Å²) in [6, 6.07) is -0.633. The Kier molecular flexibility index (Phi) is 6.09. The quantitative estimate of drug-likeness (QED) is 0.243. The van der Waals surface area contributed by atoms with Crippen molar-refractivity contribution >= 4 is 11.9 Å². The van der Waals surface area contributed by atoms with Crippen LogP contribution in [0.3, 0.4) is 0 Å². The van der Waals surface area contributed by atoms with E-state index >= 15 is 0 Å². The summed E-state index contributed by atoms with van der Waals surface area (Å²) in [7, 11) is 0. The number of unbranched alkanes of at least 4 members (excludes halogenated alkanes) is 1. The van der Waals surface area contributed by atoms with Gasteiger partial charge >= 0.3 is 5.97 Å². The Balaban J connectivity index is 3.63. The molecule has 0 aromatic heterocycles. The molecule has 0 aliphatic carbocycles. The van der Waals surface area contributed by atoms with Crippen molar-refractivity contribution in [2.75, 3.05) is 6.54 Å². The van der Waals surface area contributed by atoms with Crippen LogP contribution in [-0.2, 0) is 9.53 Å². The van der Waals surface area contributed by atoms with Crippen molar-refractivity contribution in [2.24, 2.45) is 11.5 Å². The number of ether oxygens (including phenoxy) is 1. The van der Waals surface area contributed by atoms with Crippen molar-refractivity contribution in [3.8, 4) is 0 Å². The predicted molar refractivity (Wildman–Crippen MR) is 50.4 cm³/mol. The molecule has 0 aliphatic heterocycles. The van der Waals surface area contributed by atoms with Gasteiger partial charge in [-0.05, 0) is 19.4 Å². The second kappa shape index (κ2) is 6.56. The van der Waals surface area contributed by atoms with Crippen LogP contribution in [0.5, 0.6) is 0 Å². The second-order valence-electron chi connectivity index (χ2n) is 2.87.